The number of aryl methyl sites for hydroxylation is 1. The van der Waals surface area contributed by atoms with Crippen molar-refractivity contribution in [3.05, 3.63) is 32.6 Å². The highest BCUT2D eigenvalue weighted by Crippen LogP contribution is 2.50. The van der Waals surface area contributed by atoms with Crippen LogP contribution in [0.1, 0.15) is 32.6 Å². The maximum absolute atomic E-state index is 13.4. The molecule has 0 aliphatic carbocycles. The molecule has 2 aliphatic rings. The highest BCUT2D eigenvalue weighted by atomic mass is 32.2. The van der Waals surface area contributed by atoms with E-state index in [1.807, 2.05) is 33.9 Å². The number of carbonyl (C=O) groups is 1. The minimum atomic E-state index is -4.12. The van der Waals surface area contributed by atoms with Gasteiger partial charge in [0.05, 0.1) is 12.8 Å². The second kappa shape index (κ2) is 7.87. The predicted molar refractivity (Wildman–Crippen MR) is 123 cm³/mol. The standard InChI is InChI=1S/C20H33N3O8SSi/c1-12-10-23(18(26)22(6)15(12)24)16-14(30-33(8,9)19(2,3)4)20(31-32(7,27)28)13(29-16)11-21(5)17(20)25/h10,13-14,16H,11H2,1-9H3/t13-,14+,16-,20-/m1/s1. The van der Waals surface area contributed by atoms with E-state index in [0.717, 1.165) is 10.8 Å². The minimum absolute atomic E-state index is 0.0573. The smallest absolute Gasteiger partial charge is 0.332 e. The third kappa shape index (κ3) is 4.14. The molecule has 3 rings (SSSR count). The number of amides is 1. The van der Waals surface area contributed by atoms with Crippen molar-refractivity contribution in [2.45, 2.75) is 69.9 Å². The Morgan fingerprint density at radius 2 is 1.76 bits per heavy atom. The summed E-state index contributed by atoms with van der Waals surface area (Å²) in [5.41, 5.74) is -2.85. The van der Waals surface area contributed by atoms with Crippen LogP contribution in [-0.4, -0.2) is 74.3 Å². The molecule has 0 saturated carbocycles. The molecule has 2 saturated heterocycles. The molecule has 0 unspecified atom stereocenters. The topological polar surface area (TPSA) is 126 Å². The molecule has 1 amide bonds. The molecule has 2 fully saturated rings. The average Bonchev–Trinajstić information content (AvgIpc) is 3.05. The number of nitrogens with zero attached hydrogens (tertiary/aromatic N) is 3. The van der Waals surface area contributed by atoms with Crippen molar-refractivity contribution in [3.63, 3.8) is 0 Å². The van der Waals surface area contributed by atoms with E-state index in [1.54, 1.807) is 6.92 Å². The lowest BCUT2D eigenvalue weighted by Gasteiger charge is -2.42. The number of aromatic nitrogens is 2. The zero-order chi connectivity index (χ0) is 25.3. The van der Waals surface area contributed by atoms with Crippen LogP contribution in [0.25, 0.3) is 0 Å². The number of rotatable bonds is 5. The highest BCUT2D eigenvalue weighted by molar-refractivity contribution is 7.86. The fourth-order valence-corrected chi connectivity index (χ4v) is 6.12. The molecule has 0 radical (unpaired) electrons. The van der Waals surface area contributed by atoms with Crippen molar-refractivity contribution in [1.82, 2.24) is 14.0 Å². The van der Waals surface area contributed by atoms with Crippen LogP contribution in [0.2, 0.25) is 18.1 Å². The SMILES string of the molecule is Cc1cn([C@@H]2O[C@@H]3CN(C)C(=O)[C@]3(OS(C)(=O)=O)[C@H]2O[Si](C)(C)C(C)(C)C)c(=O)n(C)c1=O. The zero-order valence-electron chi connectivity index (χ0n) is 20.5. The van der Waals surface area contributed by atoms with Crippen LogP contribution in [0.3, 0.4) is 0 Å². The molecule has 0 aromatic carbocycles. The normalized spacial score (nSPS) is 28.5. The molecule has 4 atom stereocenters. The van der Waals surface area contributed by atoms with E-state index < -0.39 is 59.6 Å². The number of ether oxygens (including phenoxy) is 1. The second-order valence-electron chi connectivity index (χ2n) is 10.4. The lowest BCUT2D eigenvalue weighted by molar-refractivity contribution is -0.147. The lowest BCUT2D eigenvalue weighted by atomic mass is 9.94. The lowest BCUT2D eigenvalue weighted by Crippen LogP contribution is -2.60. The summed E-state index contributed by atoms with van der Waals surface area (Å²) >= 11 is 0. The summed E-state index contributed by atoms with van der Waals surface area (Å²) < 4.78 is 45.1. The summed E-state index contributed by atoms with van der Waals surface area (Å²) in [6.45, 7) is 11.5. The van der Waals surface area contributed by atoms with Crippen molar-refractivity contribution >= 4 is 24.3 Å². The third-order valence-electron chi connectivity index (χ3n) is 6.86. The van der Waals surface area contributed by atoms with Gasteiger partial charge < -0.3 is 14.1 Å². The first-order chi connectivity index (χ1) is 14.8. The van der Waals surface area contributed by atoms with Crippen LogP contribution in [0.15, 0.2) is 15.8 Å². The molecule has 2 aliphatic heterocycles. The van der Waals surface area contributed by atoms with Crippen molar-refractivity contribution in [3.8, 4) is 0 Å². The van der Waals surface area contributed by atoms with E-state index in [4.69, 9.17) is 13.3 Å². The quantitative estimate of drug-likeness (QED) is 0.416. The summed E-state index contributed by atoms with van der Waals surface area (Å²) in [5.74, 6) is -0.598. The molecule has 186 valence electrons. The summed E-state index contributed by atoms with van der Waals surface area (Å²) in [4.78, 5) is 40.1. The van der Waals surface area contributed by atoms with Crippen molar-refractivity contribution in [2.75, 3.05) is 19.8 Å². The Bertz CT molecular complexity index is 1200. The van der Waals surface area contributed by atoms with Crippen LogP contribution in [0.4, 0.5) is 0 Å². The van der Waals surface area contributed by atoms with Gasteiger partial charge in [-0.05, 0) is 25.1 Å². The molecule has 11 nitrogen and oxygen atoms in total. The van der Waals surface area contributed by atoms with Crippen LogP contribution < -0.4 is 11.2 Å². The van der Waals surface area contributed by atoms with Crippen LogP contribution >= 0.6 is 0 Å². The number of hydrogen-bond acceptors (Lipinski definition) is 8. The molecule has 1 aromatic heterocycles. The van der Waals surface area contributed by atoms with Crippen molar-refractivity contribution in [1.29, 1.82) is 0 Å². The average molecular weight is 504 g/mol. The van der Waals surface area contributed by atoms with Gasteiger partial charge in [0.25, 0.3) is 21.6 Å². The highest BCUT2D eigenvalue weighted by Gasteiger charge is 2.71. The third-order valence-corrected chi connectivity index (χ3v) is 11.9. The van der Waals surface area contributed by atoms with Gasteiger partial charge in [-0.3, -0.25) is 18.7 Å². The van der Waals surface area contributed by atoms with Crippen molar-refractivity contribution < 1.29 is 26.6 Å². The largest absolute Gasteiger partial charge is 0.406 e. The Hall–Kier alpha value is -1.80. The summed E-state index contributed by atoms with van der Waals surface area (Å²) in [7, 11) is -3.90. The number of fused-ring (bicyclic) bond motifs is 1. The summed E-state index contributed by atoms with van der Waals surface area (Å²) in [6, 6.07) is 0. The van der Waals surface area contributed by atoms with Gasteiger partial charge in [-0.1, -0.05) is 20.8 Å². The van der Waals surface area contributed by atoms with Crippen LogP contribution in [0, 0.1) is 6.92 Å². The molecule has 1 aromatic rings. The zero-order valence-corrected chi connectivity index (χ0v) is 22.3. The van der Waals surface area contributed by atoms with Gasteiger partial charge in [-0.15, -0.1) is 0 Å². The first-order valence-electron chi connectivity index (χ1n) is 10.6. The monoisotopic (exact) mass is 503 g/mol. The predicted octanol–water partition coefficient (Wildman–Crippen LogP) is 0.330. The maximum atomic E-state index is 13.4. The van der Waals surface area contributed by atoms with Gasteiger partial charge in [-0.2, -0.15) is 8.42 Å². The number of likely N-dealkylation sites (tertiary alicyclic amines) is 1. The molecular weight excluding hydrogens is 470 g/mol. The molecule has 3 heterocycles. The van der Waals surface area contributed by atoms with E-state index in [0.29, 0.717) is 0 Å². The van der Waals surface area contributed by atoms with E-state index in [-0.39, 0.29) is 17.1 Å². The first-order valence-corrected chi connectivity index (χ1v) is 15.3. The van der Waals surface area contributed by atoms with Gasteiger partial charge in [-0.25, -0.2) is 8.98 Å². The van der Waals surface area contributed by atoms with Gasteiger partial charge in [0, 0.05) is 25.9 Å². The molecule has 0 N–H and O–H groups in total. The maximum Gasteiger partial charge on any atom is 0.332 e. The van der Waals surface area contributed by atoms with Gasteiger partial charge in [0.15, 0.2) is 14.5 Å². The number of likely N-dealkylation sites (N-methyl/N-ethyl adjacent to an activating group) is 1. The summed E-state index contributed by atoms with van der Waals surface area (Å²) in [5, 5.41) is -0.306. The van der Waals surface area contributed by atoms with E-state index in [1.165, 1.54) is 29.8 Å². The van der Waals surface area contributed by atoms with E-state index >= 15 is 0 Å². The Morgan fingerprint density at radius 1 is 1.18 bits per heavy atom. The minimum Gasteiger partial charge on any atom is -0.406 e. The van der Waals surface area contributed by atoms with Crippen molar-refractivity contribution in [2.24, 2.45) is 7.05 Å². The Labute approximate surface area is 194 Å². The first kappa shape index (κ1) is 25.8. The molecular formula is C20H33N3O8SSi. The Morgan fingerprint density at radius 3 is 2.27 bits per heavy atom. The molecule has 0 spiro atoms. The van der Waals surface area contributed by atoms with Gasteiger partial charge >= 0.3 is 5.69 Å². The Kier molecular flexibility index (Phi) is 6.15. The molecule has 0 bridgehead atoms. The molecule has 13 heteroatoms. The second-order valence-corrected chi connectivity index (χ2v) is 16.8. The van der Waals surface area contributed by atoms with Crippen LogP contribution in [0.5, 0.6) is 0 Å². The van der Waals surface area contributed by atoms with E-state index in [9.17, 15) is 22.8 Å². The fourth-order valence-electron chi connectivity index (χ4n) is 4.07. The molecule has 33 heavy (non-hydrogen) atoms. The van der Waals surface area contributed by atoms with Gasteiger partial charge in [0.1, 0.15) is 12.2 Å². The number of carbonyl (C=O) groups excluding carboxylic acids is 1. The van der Waals surface area contributed by atoms with Crippen LogP contribution in [-0.2, 0) is 35.3 Å². The summed E-state index contributed by atoms with van der Waals surface area (Å²) in [6.07, 6.45) is -1.22. The fraction of sp³-hybridized carbons (Fsp3) is 0.750. The van der Waals surface area contributed by atoms with Gasteiger partial charge in [0.2, 0.25) is 5.60 Å². The Balaban J connectivity index is 2.29. The number of hydrogen-bond donors (Lipinski definition) is 0. The van der Waals surface area contributed by atoms with E-state index in [2.05, 4.69) is 0 Å².